The Hall–Kier alpha value is -2.84. The molecule has 3 rings (SSSR count). The molecular formula is C20H19ClN2O5S. The number of methoxy groups -OCH3 is 1. The number of hydrogen-bond donors (Lipinski definition) is 0. The van der Waals surface area contributed by atoms with E-state index in [0.717, 1.165) is 4.31 Å². The van der Waals surface area contributed by atoms with E-state index in [9.17, 15) is 13.2 Å². The lowest BCUT2D eigenvalue weighted by Gasteiger charge is -2.25. The molecular weight excluding hydrogens is 416 g/mol. The molecule has 0 spiro atoms. The SMILES string of the molecule is COC(=O)c1ccccc1S(=O)(=O)N(Cc1nc(C)c(C)o1)c1ccccc1Cl. The molecule has 1 aromatic heterocycles. The van der Waals surface area contributed by atoms with E-state index < -0.39 is 16.0 Å². The highest BCUT2D eigenvalue weighted by atomic mass is 35.5. The first kappa shape index (κ1) is 20.9. The molecule has 0 radical (unpaired) electrons. The maximum atomic E-state index is 13.6. The van der Waals surface area contributed by atoms with Crippen LogP contribution in [0.3, 0.4) is 0 Å². The van der Waals surface area contributed by atoms with Gasteiger partial charge in [0.05, 0.1) is 29.1 Å². The van der Waals surface area contributed by atoms with Crippen LogP contribution in [0.15, 0.2) is 57.8 Å². The van der Waals surface area contributed by atoms with Gasteiger partial charge in [-0.15, -0.1) is 0 Å². The van der Waals surface area contributed by atoms with Crippen LogP contribution in [-0.2, 0) is 21.3 Å². The van der Waals surface area contributed by atoms with Crippen molar-refractivity contribution in [2.45, 2.75) is 25.3 Å². The molecule has 1 heterocycles. The van der Waals surface area contributed by atoms with Gasteiger partial charge < -0.3 is 9.15 Å². The molecule has 0 aliphatic carbocycles. The number of hydrogen-bond acceptors (Lipinski definition) is 6. The molecule has 29 heavy (non-hydrogen) atoms. The molecule has 0 unspecified atom stereocenters. The molecule has 9 heteroatoms. The molecule has 0 atom stereocenters. The van der Waals surface area contributed by atoms with Crippen LogP contribution in [0.4, 0.5) is 5.69 Å². The summed E-state index contributed by atoms with van der Waals surface area (Å²) in [6, 6.07) is 12.3. The quantitative estimate of drug-likeness (QED) is 0.542. The summed E-state index contributed by atoms with van der Waals surface area (Å²) < 4.78 is 38.6. The molecule has 0 amide bonds. The van der Waals surface area contributed by atoms with Crippen molar-refractivity contribution in [2.75, 3.05) is 11.4 Å². The average molecular weight is 435 g/mol. The Morgan fingerprint density at radius 1 is 1.14 bits per heavy atom. The first-order chi connectivity index (χ1) is 13.8. The minimum absolute atomic E-state index is 0.0770. The van der Waals surface area contributed by atoms with Gasteiger partial charge in [-0.2, -0.15) is 0 Å². The summed E-state index contributed by atoms with van der Waals surface area (Å²) >= 11 is 6.30. The monoisotopic (exact) mass is 434 g/mol. The molecule has 3 aromatic rings. The van der Waals surface area contributed by atoms with Crippen molar-refractivity contribution in [3.05, 3.63) is 76.5 Å². The number of para-hydroxylation sites is 1. The Morgan fingerprint density at radius 2 is 1.79 bits per heavy atom. The fourth-order valence-corrected chi connectivity index (χ4v) is 4.68. The van der Waals surface area contributed by atoms with Gasteiger partial charge in [-0.25, -0.2) is 18.2 Å². The number of oxazole rings is 1. The fraction of sp³-hybridized carbons (Fsp3) is 0.200. The molecule has 0 saturated heterocycles. The third kappa shape index (κ3) is 4.13. The second-order valence-corrected chi connectivity index (χ2v) is 8.44. The Labute approximate surface area is 173 Å². The lowest BCUT2D eigenvalue weighted by atomic mass is 10.2. The van der Waals surface area contributed by atoms with Crippen LogP contribution in [0, 0.1) is 13.8 Å². The largest absolute Gasteiger partial charge is 0.465 e. The first-order valence-corrected chi connectivity index (χ1v) is 10.4. The molecule has 0 fully saturated rings. The minimum Gasteiger partial charge on any atom is -0.465 e. The number of benzene rings is 2. The molecule has 0 aliphatic rings. The molecule has 0 N–H and O–H groups in total. The Bertz CT molecular complexity index is 1140. The highest BCUT2D eigenvalue weighted by molar-refractivity contribution is 7.92. The van der Waals surface area contributed by atoms with Crippen molar-refractivity contribution in [2.24, 2.45) is 0 Å². The predicted octanol–water partition coefficient (Wildman–Crippen LogP) is 4.13. The zero-order valence-corrected chi connectivity index (χ0v) is 17.6. The lowest BCUT2D eigenvalue weighted by molar-refractivity contribution is 0.0596. The van der Waals surface area contributed by atoms with Crippen molar-refractivity contribution in [3.63, 3.8) is 0 Å². The third-order valence-corrected chi connectivity index (χ3v) is 6.47. The van der Waals surface area contributed by atoms with Crippen LogP contribution in [-0.4, -0.2) is 26.5 Å². The summed E-state index contributed by atoms with van der Waals surface area (Å²) in [4.78, 5) is 16.2. The summed E-state index contributed by atoms with van der Waals surface area (Å²) in [5.74, 6) is 0.0385. The standard InChI is InChI=1S/C20H19ClN2O5S/c1-13-14(2)28-19(22-13)12-23(17-10-6-5-9-16(17)21)29(25,26)18-11-7-4-8-15(18)20(24)27-3/h4-11H,12H2,1-3H3. The van der Waals surface area contributed by atoms with Crippen LogP contribution < -0.4 is 4.31 Å². The van der Waals surface area contributed by atoms with Gasteiger partial charge in [-0.3, -0.25) is 4.31 Å². The molecule has 0 aliphatic heterocycles. The summed E-state index contributed by atoms with van der Waals surface area (Å²) in [5.41, 5.74) is 0.820. The number of sulfonamides is 1. The molecule has 0 bridgehead atoms. The number of halogens is 1. The molecule has 152 valence electrons. The summed E-state index contributed by atoms with van der Waals surface area (Å²) in [7, 11) is -3.03. The first-order valence-electron chi connectivity index (χ1n) is 8.63. The topological polar surface area (TPSA) is 89.7 Å². The van der Waals surface area contributed by atoms with Crippen LogP contribution in [0.25, 0.3) is 0 Å². The van der Waals surface area contributed by atoms with Crippen LogP contribution >= 0.6 is 11.6 Å². The number of nitrogens with zero attached hydrogens (tertiary/aromatic N) is 2. The minimum atomic E-state index is -4.22. The Balaban J connectivity index is 2.18. The summed E-state index contributed by atoms with van der Waals surface area (Å²) in [5, 5.41) is 0.228. The van der Waals surface area contributed by atoms with Gasteiger partial charge in [0.1, 0.15) is 17.2 Å². The normalized spacial score (nSPS) is 11.3. The van der Waals surface area contributed by atoms with Crippen LogP contribution in [0.5, 0.6) is 0 Å². The summed E-state index contributed by atoms with van der Waals surface area (Å²) in [6.45, 7) is 3.31. The summed E-state index contributed by atoms with van der Waals surface area (Å²) in [6.07, 6.45) is 0. The number of carbonyl (C=O) groups is 1. The van der Waals surface area contributed by atoms with E-state index >= 15 is 0 Å². The van der Waals surface area contributed by atoms with Gasteiger partial charge in [0.25, 0.3) is 10.0 Å². The van der Waals surface area contributed by atoms with Crippen LogP contribution in [0.2, 0.25) is 5.02 Å². The number of aryl methyl sites for hydroxylation is 2. The van der Waals surface area contributed by atoms with E-state index in [1.807, 2.05) is 0 Å². The molecule has 0 saturated carbocycles. The average Bonchev–Trinajstić information content (AvgIpc) is 3.03. The number of ether oxygens (including phenoxy) is 1. The van der Waals surface area contributed by atoms with Gasteiger partial charge in [-0.1, -0.05) is 35.9 Å². The van der Waals surface area contributed by atoms with Gasteiger partial charge in [0, 0.05) is 0 Å². The number of rotatable bonds is 6. The highest BCUT2D eigenvalue weighted by Crippen LogP contribution is 2.33. The fourth-order valence-electron chi connectivity index (χ4n) is 2.77. The van der Waals surface area contributed by atoms with Gasteiger partial charge in [-0.05, 0) is 38.1 Å². The van der Waals surface area contributed by atoms with Crippen molar-refractivity contribution in [1.29, 1.82) is 0 Å². The number of carbonyl (C=O) groups excluding carboxylic acids is 1. The van der Waals surface area contributed by atoms with Crippen molar-refractivity contribution in [3.8, 4) is 0 Å². The number of anilines is 1. The Morgan fingerprint density at radius 3 is 2.41 bits per heavy atom. The lowest BCUT2D eigenvalue weighted by Crippen LogP contribution is -2.32. The second-order valence-electron chi connectivity index (χ2n) is 6.20. The van der Waals surface area contributed by atoms with Crippen molar-refractivity contribution >= 4 is 33.3 Å². The zero-order chi connectivity index (χ0) is 21.2. The Kier molecular flexibility index (Phi) is 5.95. The van der Waals surface area contributed by atoms with E-state index in [2.05, 4.69) is 4.98 Å². The molecule has 7 nitrogen and oxygen atoms in total. The van der Waals surface area contributed by atoms with E-state index in [1.54, 1.807) is 44.2 Å². The van der Waals surface area contributed by atoms with Crippen molar-refractivity contribution < 1.29 is 22.4 Å². The maximum absolute atomic E-state index is 13.6. The predicted molar refractivity (Wildman–Crippen MR) is 109 cm³/mol. The van der Waals surface area contributed by atoms with E-state index in [4.69, 9.17) is 20.8 Å². The third-order valence-electron chi connectivity index (χ3n) is 4.33. The highest BCUT2D eigenvalue weighted by Gasteiger charge is 2.32. The van der Waals surface area contributed by atoms with E-state index in [-0.39, 0.29) is 33.6 Å². The van der Waals surface area contributed by atoms with E-state index in [0.29, 0.717) is 11.5 Å². The van der Waals surface area contributed by atoms with E-state index in [1.165, 1.54) is 25.3 Å². The van der Waals surface area contributed by atoms with Crippen LogP contribution in [0.1, 0.15) is 27.7 Å². The van der Waals surface area contributed by atoms with Gasteiger partial charge in [0.15, 0.2) is 0 Å². The van der Waals surface area contributed by atoms with Gasteiger partial charge >= 0.3 is 5.97 Å². The number of aromatic nitrogens is 1. The second kappa shape index (κ2) is 8.26. The van der Waals surface area contributed by atoms with Gasteiger partial charge in [0.2, 0.25) is 5.89 Å². The molecule has 2 aromatic carbocycles. The maximum Gasteiger partial charge on any atom is 0.339 e. The number of esters is 1. The smallest absolute Gasteiger partial charge is 0.339 e. The van der Waals surface area contributed by atoms with Crippen molar-refractivity contribution in [1.82, 2.24) is 4.98 Å². The zero-order valence-electron chi connectivity index (χ0n) is 16.0.